The van der Waals surface area contributed by atoms with E-state index in [0.29, 0.717) is 18.3 Å². The third kappa shape index (κ3) is 10.2. The highest BCUT2D eigenvalue weighted by Crippen LogP contribution is 2.43. The Balaban J connectivity index is 1.29. The lowest BCUT2D eigenvalue weighted by Gasteiger charge is -2.37. The van der Waals surface area contributed by atoms with Crippen molar-refractivity contribution in [3.63, 3.8) is 0 Å². The van der Waals surface area contributed by atoms with E-state index in [-0.39, 0.29) is 31.3 Å². The van der Waals surface area contributed by atoms with Crippen molar-refractivity contribution in [1.29, 1.82) is 0 Å². The van der Waals surface area contributed by atoms with Gasteiger partial charge in [-0.05, 0) is 112 Å². The van der Waals surface area contributed by atoms with Gasteiger partial charge in [-0.1, -0.05) is 64.2 Å². The Morgan fingerprint density at radius 3 is 1.97 bits per heavy atom. The van der Waals surface area contributed by atoms with Crippen LogP contribution in [0.1, 0.15) is 116 Å². The molecule has 37 heavy (non-hydrogen) atoms. The van der Waals surface area contributed by atoms with Gasteiger partial charge in [-0.2, -0.15) is 0 Å². The minimum atomic E-state index is -0.535. The highest BCUT2D eigenvalue weighted by Gasteiger charge is 2.31. The lowest BCUT2D eigenvalue weighted by atomic mass is 9.68. The van der Waals surface area contributed by atoms with Crippen LogP contribution in [-0.4, -0.2) is 36.0 Å². The van der Waals surface area contributed by atoms with Crippen LogP contribution in [0.3, 0.4) is 0 Å². The highest BCUT2D eigenvalue weighted by atomic mass is 16.5. The van der Waals surface area contributed by atoms with Gasteiger partial charge in [-0.25, -0.2) is 4.79 Å². The number of aliphatic hydroxyl groups excluding tert-OH is 2. The van der Waals surface area contributed by atoms with Gasteiger partial charge in [0.15, 0.2) is 0 Å². The number of hydrogen-bond donors (Lipinski definition) is 2. The van der Waals surface area contributed by atoms with E-state index in [2.05, 4.69) is 25.7 Å². The molecular formula is C33H56O4. The molecule has 2 N–H and O–H groups in total. The zero-order chi connectivity index (χ0) is 26.5. The number of unbranched alkanes of at least 4 members (excludes halogenated alkanes) is 2. The number of hydrogen-bond acceptors (Lipinski definition) is 4. The minimum absolute atomic E-state index is 0.0848. The Hall–Kier alpha value is -1.13. The zero-order valence-corrected chi connectivity index (χ0v) is 23.8. The fraction of sp³-hybridized carbons (Fsp3) is 0.848. The Bertz CT molecular complexity index is 676. The molecule has 4 nitrogen and oxygen atoms in total. The first-order chi connectivity index (χ1) is 18.0. The zero-order valence-electron chi connectivity index (χ0n) is 23.8. The van der Waals surface area contributed by atoms with Crippen LogP contribution >= 0.6 is 0 Å². The molecule has 0 aromatic carbocycles. The molecule has 0 aromatic heterocycles. The van der Waals surface area contributed by atoms with E-state index in [1.165, 1.54) is 89.9 Å². The molecule has 3 rings (SSSR count). The van der Waals surface area contributed by atoms with Gasteiger partial charge in [-0.15, -0.1) is 0 Å². The largest absolute Gasteiger partial charge is 0.462 e. The van der Waals surface area contributed by atoms with Crippen LogP contribution in [0.15, 0.2) is 24.3 Å². The number of carbonyl (C=O) groups excluding carboxylic acids is 1. The summed E-state index contributed by atoms with van der Waals surface area (Å²) in [5.74, 6) is 4.66. The number of aliphatic hydroxyl groups is 2. The van der Waals surface area contributed by atoms with Gasteiger partial charge in [0, 0.05) is 6.61 Å². The van der Waals surface area contributed by atoms with E-state index in [9.17, 15) is 9.90 Å². The van der Waals surface area contributed by atoms with Crippen molar-refractivity contribution in [1.82, 2.24) is 0 Å². The maximum Gasteiger partial charge on any atom is 0.335 e. The molecule has 212 valence electrons. The Labute approximate surface area is 227 Å². The first-order valence-corrected chi connectivity index (χ1v) is 15.8. The number of rotatable bonds is 14. The van der Waals surface area contributed by atoms with Crippen LogP contribution in [0.4, 0.5) is 0 Å². The summed E-state index contributed by atoms with van der Waals surface area (Å²) in [6.07, 6.45) is 27.8. The molecule has 0 heterocycles. The number of allylic oxidation sites excluding steroid dienone is 2. The number of esters is 1. The van der Waals surface area contributed by atoms with Gasteiger partial charge >= 0.3 is 5.97 Å². The van der Waals surface area contributed by atoms with Gasteiger partial charge in [0.25, 0.3) is 0 Å². The van der Waals surface area contributed by atoms with Crippen molar-refractivity contribution in [2.75, 3.05) is 19.8 Å². The molecule has 1 atom stereocenters. The molecular weight excluding hydrogens is 460 g/mol. The van der Waals surface area contributed by atoms with Gasteiger partial charge in [-0.3, -0.25) is 0 Å². The molecule has 0 aliphatic heterocycles. The third-order valence-electron chi connectivity index (χ3n) is 10.2. The SMILES string of the molecule is C=C(CO)C(=O)OCCC(CO)C1CCC(/C=C/C2CCC(C3CCC(CCCCC)CC3)CC2)CC1. The summed E-state index contributed by atoms with van der Waals surface area (Å²) in [5.41, 5.74) is 0.0848. The van der Waals surface area contributed by atoms with Crippen molar-refractivity contribution in [2.24, 2.45) is 41.4 Å². The maximum absolute atomic E-state index is 11.7. The smallest absolute Gasteiger partial charge is 0.335 e. The van der Waals surface area contributed by atoms with Crippen LogP contribution in [0.5, 0.6) is 0 Å². The maximum atomic E-state index is 11.7. The first-order valence-electron chi connectivity index (χ1n) is 15.8. The summed E-state index contributed by atoms with van der Waals surface area (Å²) in [6, 6.07) is 0. The van der Waals surface area contributed by atoms with E-state index in [1.807, 2.05) is 0 Å². The molecule has 3 aliphatic rings. The van der Waals surface area contributed by atoms with E-state index in [0.717, 1.165) is 36.5 Å². The quantitative estimate of drug-likeness (QED) is 0.108. The molecule has 3 saturated carbocycles. The molecule has 3 fully saturated rings. The monoisotopic (exact) mass is 516 g/mol. The van der Waals surface area contributed by atoms with Crippen LogP contribution < -0.4 is 0 Å². The van der Waals surface area contributed by atoms with Gasteiger partial charge in [0.2, 0.25) is 0 Å². The molecule has 0 amide bonds. The highest BCUT2D eigenvalue weighted by molar-refractivity contribution is 5.87. The van der Waals surface area contributed by atoms with Crippen LogP contribution in [-0.2, 0) is 9.53 Å². The summed E-state index contributed by atoms with van der Waals surface area (Å²) in [7, 11) is 0. The van der Waals surface area contributed by atoms with Crippen molar-refractivity contribution in [3.8, 4) is 0 Å². The predicted octanol–water partition coefficient (Wildman–Crippen LogP) is 7.63. The summed E-state index contributed by atoms with van der Waals surface area (Å²) in [6.45, 7) is 5.87. The van der Waals surface area contributed by atoms with Crippen molar-refractivity contribution in [2.45, 2.75) is 116 Å². The molecule has 0 bridgehead atoms. The summed E-state index contributed by atoms with van der Waals surface area (Å²) in [4.78, 5) is 11.7. The lowest BCUT2D eigenvalue weighted by molar-refractivity contribution is -0.140. The first kappa shape index (κ1) is 30.4. The Morgan fingerprint density at radius 2 is 1.43 bits per heavy atom. The number of carbonyl (C=O) groups is 1. The Kier molecular flexibility index (Phi) is 13.8. The molecule has 0 saturated heterocycles. The van der Waals surface area contributed by atoms with Gasteiger partial charge in [0.1, 0.15) is 0 Å². The van der Waals surface area contributed by atoms with E-state index < -0.39 is 5.97 Å². The van der Waals surface area contributed by atoms with Gasteiger partial charge < -0.3 is 14.9 Å². The third-order valence-corrected chi connectivity index (χ3v) is 10.2. The Morgan fingerprint density at radius 1 is 0.865 bits per heavy atom. The van der Waals surface area contributed by atoms with E-state index >= 15 is 0 Å². The van der Waals surface area contributed by atoms with Crippen LogP contribution in [0.2, 0.25) is 0 Å². The van der Waals surface area contributed by atoms with E-state index in [1.54, 1.807) is 0 Å². The molecule has 3 aliphatic carbocycles. The van der Waals surface area contributed by atoms with Crippen LogP contribution in [0.25, 0.3) is 0 Å². The van der Waals surface area contributed by atoms with Gasteiger partial charge in [0.05, 0.1) is 18.8 Å². The molecule has 0 radical (unpaired) electrons. The summed E-state index contributed by atoms with van der Waals surface area (Å²) < 4.78 is 5.19. The normalized spacial score (nSPS) is 31.8. The summed E-state index contributed by atoms with van der Waals surface area (Å²) >= 11 is 0. The average Bonchev–Trinajstić information content (AvgIpc) is 2.95. The van der Waals surface area contributed by atoms with Crippen molar-refractivity contribution in [3.05, 3.63) is 24.3 Å². The van der Waals surface area contributed by atoms with Crippen LogP contribution in [0, 0.1) is 41.4 Å². The number of ether oxygens (including phenoxy) is 1. The second kappa shape index (κ2) is 16.7. The summed E-state index contributed by atoms with van der Waals surface area (Å²) in [5, 5.41) is 18.9. The van der Waals surface area contributed by atoms with Crippen molar-refractivity contribution >= 4 is 5.97 Å². The molecule has 4 heteroatoms. The topological polar surface area (TPSA) is 66.8 Å². The average molecular weight is 517 g/mol. The minimum Gasteiger partial charge on any atom is -0.462 e. The predicted molar refractivity (Wildman–Crippen MR) is 152 cm³/mol. The standard InChI is InChI=1S/C33H56O4/c1-3-4-5-6-26-9-15-29(16-10-26)30-17-11-27(12-18-30)7-8-28-13-19-31(20-14-28)32(24-35)21-22-37-33(36)25(2)23-34/h7-8,26-32,34-35H,2-6,9-24H2,1H3/b8-7+. The molecule has 1 unspecified atom stereocenters. The molecule has 0 aromatic rings. The molecule has 0 spiro atoms. The lowest BCUT2D eigenvalue weighted by Crippen LogP contribution is -2.26. The fourth-order valence-corrected chi connectivity index (χ4v) is 7.51. The van der Waals surface area contributed by atoms with E-state index in [4.69, 9.17) is 9.84 Å². The van der Waals surface area contributed by atoms with Crippen molar-refractivity contribution < 1.29 is 19.7 Å². The second-order valence-electron chi connectivity index (χ2n) is 12.6. The fourth-order valence-electron chi connectivity index (χ4n) is 7.51. The second-order valence-corrected chi connectivity index (χ2v) is 12.6.